The van der Waals surface area contributed by atoms with Gasteiger partial charge in [-0.2, -0.15) is 0 Å². The standard InChI is InChI=1S/C17H22N6/c1-12-13(2)23(14-7-5-6-8-18-14)17-15(12)16(20-11-21-17)19-9-10-22(3)4/h5-8,11H,9-10H2,1-4H3,(H,19,20,21). The molecular formula is C17H22N6. The molecule has 0 aromatic carbocycles. The zero-order chi connectivity index (χ0) is 16.4. The molecule has 3 rings (SSSR count). The minimum Gasteiger partial charge on any atom is -0.368 e. The van der Waals surface area contributed by atoms with E-state index in [-0.39, 0.29) is 0 Å². The van der Waals surface area contributed by atoms with Gasteiger partial charge in [-0.25, -0.2) is 15.0 Å². The van der Waals surface area contributed by atoms with Crippen LogP contribution in [0.2, 0.25) is 0 Å². The van der Waals surface area contributed by atoms with E-state index in [0.717, 1.165) is 41.5 Å². The lowest BCUT2D eigenvalue weighted by atomic mass is 10.2. The van der Waals surface area contributed by atoms with Gasteiger partial charge in [0.2, 0.25) is 0 Å². The Hall–Kier alpha value is -2.47. The molecule has 0 aliphatic carbocycles. The number of nitrogens with zero attached hydrogens (tertiary/aromatic N) is 5. The fraction of sp³-hybridized carbons (Fsp3) is 0.353. The lowest BCUT2D eigenvalue weighted by Gasteiger charge is -2.11. The molecule has 0 radical (unpaired) electrons. The molecule has 1 N–H and O–H groups in total. The van der Waals surface area contributed by atoms with Crippen molar-refractivity contribution < 1.29 is 0 Å². The van der Waals surface area contributed by atoms with Gasteiger partial charge in [0.15, 0.2) is 5.65 Å². The number of rotatable bonds is 5. The van der Waals surface area contributed by atoms with E-state index in [2.05, 4.69) is 57.7 Å². The van der Waals surface area contributed by atoms with Gasteiger partial charge in [-0.3, -0.25) is 4.57 Å². The third kappa shape index (κ3) is 2.90. The number of hydrogen-bond donors (Lipinski definition) is 1. The van der Waals surface area contributed by atoms with E-state index in [1.165, 1.54) is 5.56 Å². The van der Waals surface area contributed by atoms with Gasteiger partial charge in [0.25, 0.3) is 0 Å². The van der Waals surface area contributed by atoms with Gasteiger partial charge < -0.3 is 10.2 Å². The maximum atomic E-state index is 4.50. The fourth-order valence-corrected chi connectivity index (χ4v) is 2.70. The Morgan fingerprint density at radius 2 is 1.96 bits per heavy atom. The fourth-order valence-electron chi connectivity index (χ4n) is 2.70. The maximum Gasteiger partial charge on any atom is 0.151 e. The topological polar surface area (TPSA) is 58.9 Å². The summed E-state index contributed by atoms with van der Waals surface area (Å²) in [6.07, 6.45) is 3.41. The molecule has 0 aliphatic rings. The largest absolute Gasteiger partial charge is 0.368 e. The molecule has 0 bridgehead atoms. The molecule has 6 heteroatoms. The van der Waals surface area contributed by atoms with E-state index in [1.54, 1.807) is 12.5 Å². The molecule has 0 atom stereocenters. The number of fused-ring (bicyclic) bond motifs is 1. The summed E-state index contributed by atoms with van der Waals surface area (Å²) >= 11 is 0. The average molecular weight is 310 g/mol. The van der Waals surface area contributed by atoms with Crippen molar-refractivity contribution in [2.45, 2.75) is 13.8 Å². The Morgan fingerprint density at radius 1 is 1.13 bits per heavy atom. The Kier molecular flexibility index (Phi) is 4.25. The molecule has 0 saturated heterocycles. The first-order valence-corrected chi connectivity index (χ1v) is 7.72. The summed E-state index contributed by atoms with van der Waals surface area (Å²) in [6.45, 7) is 5.99. The summed E-state index contributed by atoms with van der Waals surface area (Å²) in [6, 6.07) is 5.90. The molecule has 3 heterocycles. The number of aryl methyl sites for hydroxylation is 1. The molecule has 0 spiro atoms. The van der Waals surface area contributed by atoms with Gasteiger partial charge in [-0.15, -0.1) is 0 Å². The summed E-state index contributed by atoms with van der Waals surface area (Å²) in [5.74, 6) is 1.76. The average Bonchev–Trinajstić information content (AvgIpc) is 2.80. The van der Waals surface area contributed by atoms with Crippen LogP contribution < -0.4 is 5.32 Å². The van der Waals surface area contributed by atoms with Gasteiger partial charge in [0, 0.05) is 25.0 Å². The van der Waals surface area contributed by atoms with Crippen LogP contribution in [0.25, 0.3) is 16.9 Å². The first-order chi connectivity index (χ1) is 11.1. The first kappa shape index (κ1) is 15.4. The Labute approximate surface area is 136 Å². The third-order valence-electron chi connectivity index (χ3n) is 4.02. The number of hydrogen-bond acceptors (Lipinski definition) is 5. The minimum atomic E-state index is 0.840. The predicted molar refractivity (Wildman–Crippen MR) is 93.2 cm³/mol. The van der Waals surface area contributed by atoms with E-state index < -0.39 is 0 Å². The van der Waals surface area contributed by atoms with Crippen molar-refractivity contribution in [3.8, 4) is 5.82 Å². The van der Waals surface area contributed by atoms with Gasteiger partial charge in [0.1, 0.15) is 18.0 Å². The number of aromatic nitrogens is 4. The normalized spacial score (nSPS) is 11.3. The van der Waals surface area contributed by atoms with Gasteiger partial charge in [-0.05, 0) is 45.6 Å². The van der Waals surface area contributed by atoms with E-state index in [9.17, 15) is 0 Å². The van der Waals surface area contributed by atoms with Crippen molar-refractivity contribution in [3.63, 3.8) is 0 Å². The van der Waals surface area contributed by atoms with Crippen molar-refractivity contribution in [2.24, 2.45) is 0 Å². The molecule has 0 amide bonds. The second-order valence-electron chi connectivity index (χ2n) is 5.88. The molecule has 3 aromatic rings. The van der Waals surface area contributed by atoms with Crippen molar-refractivity contribution in [2.75, 3.05) is 32.5 Å². The Bertz CT molecular complexity index is 807. The van der Waals surface area contributed by atoms with Crippen molar-refractivity contribution in [1.29, 1.82) is 0 Å². The highest BCUT2D eigenvalue weighted by atomic mass is 15.1. The molecule has 0 saturated carbocycles. The number of nitrogens with one attached hydrogen (secondary N) is 1. The van der Waals surface area contributed by atoms with Crippen LogP contribution in [0.3, 0.4) is 0 Å². The third-order valence-corrected chi connectivity index (χ3v) is 4.02. The van der Waals surface area contributed by atoms with Gasteiger partial charge in [-0.1, -0.05) is 6.07 Å². The Balaban J connectivity index is 2.09. The van der Waals surface area contributed by atoms with E-state index in [1.807, 2.05) is 18.2 Å². The summed E-state index contributed by atoms with van der Waals surface area (Å²) in [5.41, 5.74) is 3.20. The molecule has 0 unspecified atom stereocenters. The lowest BCUT2D eigenvalue weighted by Crippen LogP contribution is -2.21. The molecule has 0 fully saturated rings. The van der Waals surface area contributed by atoms with Crippen LogP contribution in [0, 0.1) is 13.8 Å². The molecule has 0 aliphatic heterocycles. The highest BCUT2D eigenvalue weighted by Gasteiger charge is 2.17. The van der Waals surface area contributed by atoms with E-state index in [4.69, 9.17) is 0 Å². The monoisotopic (exact) mass is 310 g/mol. The SMILES string of the molecule is Cc1c(C)n(-c2ccccn2)c2ncnc(NCCN(C)C)c12. The summed E-state index contributed by atoms with van der Waals surface area (Å²) < 4.78 is 2.09. The molecule has 23 heavy (non-hydrogen) atoms. The predicted octanol–water partition coefficient (Wildman–Crippen LogP) is 2.41. The number of anilines is 1. The van der Waals surface area contributed by atoms with Crippen LogP contribution in [0.5, 0.6) is 0 Å². The van der Waals surface area contributed by atoms with Crippen molar-refractivity contribution >= 4 is 16.9 Å². The second-order valence-corrected chi connectivity index (χ2v) is 5.88. The van der Waals surface area contributed by atoms with Crippen LogP contribution >= 0.6 is 0 Å². The highest BCUT2D eigenvalue weighted by molar-refractivity contribution is 5.92. The van der Waals surface area contributed by atoms with Gasteiger partial charge in [0.05, 0.1) is 5.39 Å². The number of likely N-dealkylation sites (N-methyl/N-ethyl adjacent to an activating group) is 1. The van der Waals surface area contributed by atoms with E-state index in [0.29, 0.717) is 0 Å². The smallest absolute Gasteiger partial charge is 0.151 e. The summed E-state index contributed by atoms with van der Waals surface area (Å²) in [4.78, 5) is 15.5. The maximum absolute atomic E-state index is 4.50. The van der Waals surface area contributed by atoms with Crippen LogP contribution in [0.15, 0.2) is 30.7 Å². The van der Waals surface area contributed by atoms with Gasteiger partial charge >= 0.3 is 0 Å². The lowest BCUT2D eigenvalue weighted by molar-refractivity contribution is 0.425. The Morgan fingerprint density at radius 3 is 2.65 bits per heavy atom. The van der Waals surface area contributed by atoms with Crippen molar-refractivity contribution in [3.05, 3.63) is 42.0 Å². The summed E-state index contributed by atoms with van der Waals surface area (Å²) in [5, 5.41) is 4.49. The quantitative estimate of drug-likeness (QED) is 0.784. The summed E-state index contributed by atoms with van der Waals surface area (Å²) in [7, 11) is 4.12. The van der Waals surface area contributed by atoms with Crippen LogP contribution in [0.1, 0.15) is 11.3 Å². The van der Waals surface area contributed by atoms with E-state index >= 15 is 0 Å². The molecule has 6 nitrogen and oxygen atoms in total. The van der Waals surface area contributed by atoms with Crippen LogP contribution in [-0.4, -0.2) is 51.6 Å². The molecule has 3 aromatic heterocycles. The molecular weight excluding hydrogens is 288 g/mol. The first-order valence-electron chi connectivity index (χ1n) is 7.72. The second kappa shape index (κ2) is 6.34. The van der Waals surface area contributed by atoms with Crippen LogP contribution in [-0.2, 0) is 0 Å². The van der Waals surface area contributed by atoms with Crippen molar-refractivity contribution in [1.82, 2.24) is 24.4 Å². The molecule has 120 valence electrons. The zero-order valence-electron chi connectivity index (χ0n) is 14.0. The van der Waals surface area contributed by atoms with Crippen LogP contribution in [0.4, 0.5) is 5.82 Å². The zero-order valence-corrected chi connectivity index (χ0v) is 14.0. The minimum absolute atomic E-state index is 0.840. The highest BCUT2D eigenvalue weighted by Crippen LogP contribution is 2.30. The number of pyridine rings is 1.